The fourth-order valence-corrected chi connectivity index (χ4v) is 1.84. The topological polar surface area (TPSA) is 50.8 Å². The normalized spacial score (nSPS) is 10.0. The lowest BCUT2D eigenvalue weighted by Gasteiger charge is -2.10. The van der Waals surface area contributed by atoms with Crippen LogP contribution in [0, 0.1) is 18.3 Å². The Balaban J connectivity index is 2.71. The van der Waals surface area contributed by atoms with E-state index in [-0.39, 0.29) is 0 Å². The summed E-state index contributed by atoms with van der Waals surface area (Å²) >= 11 is 0. The number of rotatable bonds is 2. The second-order valence-corrected chi connectivity index (χ2v) is 3.87. The standard InChI is InChI=1S/C13H13N3O/c1-9-4-5-12(17-3)10(6-9)13-11(7-14)15-8-16(13)2/h4-6,8H,1-3H3. The highest BCUT2D eigenvalue weighted by Gasteiger charge is 2.15. The van der Waals surface area contributed by atoms with Gasteiger partial charge in [0.2, 0.25) is 0 Å². The maximum Gasteiger partial charge on any atom is 0.166 e. The van der Waals surface area contributed by atoms with Crippen molar-refractivity contribution >= 4 is 0 Å². The van der Waals surface area contributed by atoms with E-state index in [4.69, 9.17) is 10.00 Å². The van der Waals surface area contributed by atoms with Crippen molar-refractivity contribution in [3.8, 4) is 23.1 Å². The van der Waals surface area contributed by atoms with Gasteiger partial charge < -0.3 is 9.30 Å². The van der Waals surface area contributed by atoms with E-state index in [1.807, 2.05) is 36.7 Å². The Morgan fingerprint density at radius 2 is 2.18 bits per heavy atom. The van der Waals surface area contributed by atoms with Gasteiger partial charge in [-0.05, 0) is 19.1 Å². The summed E-state index contributed by atoms with van der Waals surface area (Å²) in [4.78, 5) is 4.06. The lowest BCUT2D eigenvalue weighted by molar-refractivity contribution is 0.416. The molecule has 0 aliphatic heterocycles. The van der Waals surface area contributed by atoms with E-state index in [0.29, 0.717) is 5.69 Å². The Morgan fingerprint density at radius 1 is 1.41 bits per heavy atom. The molecule has 0 N–H and O–H groups in total. The summed E-state index contributed by atoms with van der Waals surface area (Å²) in [6.45, 7) is 2.01. The fourth-order valence-electron chi connectivity index (χ4n) is 1.84. The Hall–Kier alpha value is -2.28. The quantitative estimate of drug-likeness (QED) is 0.790. The van der Waals surface area contributed by atoms with Crippen LogP contribution in [0.3, 0.4) is 0 Å². The van der Waals surface area contributed by atoms with Crippen molar-refractivity contribution < 1.29 is 4.74 Å². The van der Waals surface area contributed by atoms with Gasteiger partial charge in [0, 0.05) is 12.6 Å². The maximum atomic E-state index is 9.06. The van der Waals surface area contributed by atoms with Gasteiger partial charge >= 0.3 is 0 Å². The fraction of sp³-hybridized carbons (Fsp3) is 0.231. The van der Waals surface area contributed by atoms with E-state index in [0.717, 1.165) is 22.6 Å². The van der Waals surface area contributed by atoms with E-state index in [9.17, 15) is 0 Å². The molecule has 0 bridgehead atoms. The lowest BCUT2D eigenvalue weighted by atomic mass is 10.1. The molecular weight excluding hydrogens is 214 g/mol. The Labute approximate surface area is 100 Å². The number of nitriles is 1. The summed E-state index contributed by atoms with van der Waals surface area (Å²) in [7, 11) is 3.49. The molecule has 86 valence electrons. The average Bonchev–Trinajstić information content (AvgIpc) is 2.70. The minimum absolute atomic E-state index is 0.413. The molecule has 0 spiro atoms. The minimum Gasteiger partial charge on any atom is -0.496 e. The molecule has 0 unspecified atom stereocenters. The molecular formula is C13H13N3O. The molecule has 0 atom stereocenters. The molecule has 1 aromatic carbocycles. The van der Waals surface area contributed by atoms with E-state index in [1.165, 1.54) is 0 Å². The summed E-state index contributed by atoms with van der Waals surface area (Å²) in [5.41, 5.74) is 3.21. The third-order valence-corrected chi connectivity index (χ3v) is 2.65. The van der Waals surface area contributed by atoms with Crippen LogP contribution in [0.25, 0.3) is 11.3 Å². The van der Waals surface area contributed by atoms with Crippen molar-refractivity contribution in [2.75, 3.05) is 7.11 Å². The van der Waals surface area contributed by atoms with Crippen molar-refractivity contribution in [1.82, 2.24) is 9.55 Å². The largest absolute Gasteiger partial charge is 0.496 e. The molecule has 0 aliphatic rings. The molecule has 2 aromatic rings. The summed E-state index contributed by atoms with van der Waals surface area (Å²) in [5, 5.41) is 9.06. The summed E-state index contributed by atoms with van der Waals surface area (Å²) in [6.07, 6.45) is 1.63. The first kappa shape index (κ1) is 11.2. The smallest absolute Gasteiger partial charge is 0.166 e. The maximum absolute atomic E-state index is 9.06. The summed E-state index contributed by atoms with van der Waals surface area (Å²) in [5.74, 6) is 0.746. The molecule has 1 aromatic heterocycles. The van der Waals surface area contributed by atoms with Gasteiger partial charge in [-0.2, -0.15) is 5.26 Å². The van der Waals surface area contributed by atoms with Crippen molar-refractivity contribution in [2.24, 2.45) is 7.05 Å². The molecule has 0 aliphatic carbocycles. The van der Waals surface area contributed by atoms with Gasteiger partial charge in [0.1, 0.15) is 11.8 Å². The van der Waals surface area contributed by atoms with Crippen LogP contribution in [0.15, 0.2) is 24.5 Å². The molecule has 0 saturated carbocycles. The predicted molar refractivity (Wildman–Crippen MR) is 64.6 cm³/mol. The third kappa shape index (κ3) is 1.87. The SMILES string of the molecule is COc1ccc(C)cc1-c1c(C#N)ncn1C. The average molecular weight is 227 g/mol. The molecule has 0 fully saturated rings. The summed E-state index contributed by atoms with van der Waals surface area (Å²) < 4.78 is 7.16. The van der Waals surface area contributed by atoms with Crippen LogP contribution >= 0.6 is 0 Å². The molecule has 0 radical (unpaired) electrons. The van der Waals surface area contributed by atoms with Crippen LogP contribution < -0.4 is 4.74 Å². The zero-order chi connectivity index (χ0) is 12.4. The van der Waals surface area contributed by atoms with Gasteiger partial charge in [-0.3, -0.25) is 0 Å². The summed E-state index contributed by atoms with van der Waals surface area (Å²) in [6, 6.07) is 7.97. The van der Waals surface area contributed by atoms with Gasteiger partial charge in [0.05, 0.1) is 19.1 Å². The van der Waals surface area contributed by atoms with Gasteiger partial charge in [-0.15, -0.1) is 0 Å². The highest BCUT2D eigenvalue weighted by molar-refractivity contribution is 5.72. The molecule has 0 amide bonds. The lowest BCUT2D eigenvalue weighted by Crippen LogP contribution is -1.95. The van der Waals surface area contributed by atoms with E-state index in [2.05, 4.69) is 11.1 Å². The Kier molecular flexibility index (Phi) is 2.84. The van der Waals surface area contributed by atoms with Crippen LogP contribution in [0.1, 0.15) is 11.3 Å². The first-order valence-corrected chi connectivity index (χ1v) is 5.23. The monoisotopic (exact) mass is 227 g/mol. The van der Waals surface area contributed by atoms with E-state index in [1.54, 1.807) is 13.4 Å². The van der Waals surface area contributed by atoms with E-state index >= 15 is 0 Å². The number of benzene rings is 1. The highest BCUT2D eigenvalue weighted by Crippen LogP contribution is 2.32. The molecule has 0 saturated heterocycles. The Morgan fingerprint density at radius 3 is 2.82 bits per heavy atom. The zero-order valence-electron chi connectivity index (χ0n) is 10.1. The molecule has 1 heterocycles. The number of aromatic nitrogens is 2. The third-order valence-electron chi connectivity index (χ3n) is 2.65. The number of hydrogen-bond acceptors (Lipinski definition) is 3. The number of aryl methyl sites for hydroxylation is 2. The highest BCUT2D eigenvalue weighted by atomic mass is 16.5. The second-order valence-electron chi connectivity index (χ2n) is 3.87. The van der Waals surface area contributed by atoms with Crippen molar-refractivity contribution in [3.63, 3.8) is 0 Å². The van der Waals surface area contributed by atoms with Gasteiger partial charge in [0.25, 0.3) is 0 Å². The predicted octanol–water partition coefficient (Wildman–Crippen LogP) is 2.28. The Bertz CT molecular complexity index is 593. The number of hydrogen-bond donors (Lipinski definition) is 0. The van der Waals surface area contributed by atoms with Crippen molar-refractivity contribution in [2.45, 2.75) is 6.92 Å². The molecule has 4 heteroatoms. The van der Waals surface area contributed by atoms with Crippen molar-refractivity contribution in [1.29, 1.82) is 5.26 Å². The van der Waals surface area contributed by atoms with Gasteiger partial charge in [-0.25, -0.2) is 4.98 Å². The first-order chi connectivity index (χ1) is 8.17. The second kappa shape index (κ2) is 4.30. The van der Waals surface area contributed by atoms with Crippen LogP contribution in [-0.2, 0) is 7.05 Å². The van der Waals surface area contributed by atoms with Gasteiger partial charge in [0.15, 0.2) is 5.69 Å². The molecule has 17 heavy (non-hydrogen) atoms. The molecule has 4 nitrogen and oxygen atoms in total. The van der Waals surface area contributed by atoms with E-state index < -0.39 is 0 Å². The van der Waals surface area contributed by atoms with Crippen LogP contribution in [0.4, 0.5) is 0 Å². The first-order valence-electron chi connectivity index (χ1n) is 5.23. The number of ether oxygens (including phenoxy) is 1. The van der Waals surface area contributed by atoms with Crippen LogP contribution in [-0.4, -0.2) is 16.7 Å². The minimum atomic E-state index is 0.413. The van der Waals surface area contributed by atoms with Crippen LogP contribution in [0.5, 0.6) is 5.75 Å². The number of imidazole rings is 1. The van der Waals surface area contributed by atoms with Crippen LogP contribution in [0.2, 0.25) is 0 Å². The molecule has 2 rings (SSSR count). The van der Waals surface area contributed by atoms with Gasteiger partial charge in [-0.1, -0.05) is 11.6 Å². The zero-order valence-corrected chi connectivity index (χ0v) is 10.1. The van der Waals surface area contributed by atoms with Crippen molar-refractivity contribution in [3.05, 3.63) is 35.8 Å². The number of methoxy groups -OCH3 is 1. The number of nitrogens with zero attached hydrogens (tertiary/aromatic N) is 3.